The van der Waals surface area contributed by atoms with Crippen LogP contribution >= 0.6 is 0 Å². The monoisotopic (exact) mass is 196 g/mol. The fraction of sp³-hybridized carbons (Fsp3) is 0.500. The number of methoxy groups -OCH3 is 1. The van der Waals surface area contributed by atoms with Gasteiger partial charge in [0.1, 0.15) is 5.75 Å². The molecule has 0 aliphatic heterocycles. The van der Waals surface area contributed by atoms with E-state index in [-0.39, 0.29) is 12.6 Å². The van der Waals surface area contributed by atoms with E-state index in [1.807, 2.05) is 25.1 Å². The van der Waals surface area contributed by atoms with Gasteiger partial charge in [0.2, 0.25) is 0 Å². The summed E-state index contributed by atoms with van der Waals surface area (Å²) in [6, 6.07) is 5.95. The first-order valence-electron chi connectivity index (χ1n) is 4.95. The molecule has 0 aliphatic rings. The van der Waals surface area contributed by atoms with Crippen molar-refractivity contribution in [1.29, 1.82) is 0 Å². The van der Waals surface area contributed by atoms with Gasteiger partial charge in [-0.05, 0) is 29.7 Å². The third-order valence-corrected chi connectivity index (χ3v) is 2.43. The summed E-state index contributed by atoms with van der Waals surface area (Å²) in [5.41, 5.74) is 2.21. The molecule has 1 aromatic carbocycles. The number of ether oxygens (including phenoxy) is 1. The second-order valence-corrected chi connectivity index (χ2v) is 3.52. The first kappa shape index (κ1) is 11.0. The summed E-state index contributed by atoms with van der Waals surface area (Å²) >= 11 is 0. The average Bonchev–Trinajstić information content (AvgIpc) is 2.27. The van der Waals surface area contributed by atoms with Crippen molar-refractivity contribution in [2.45, 2.75) is 26.2 Å². The molecule has 0 spiro atoms. The van der Waals surface area contributed by atoms with Crippen molar-refractivity contribution in [3.05, 3.63) is 29.3 Å². The number of halogens is 1. The first-order valence-corrected chi connectivity index (χ1v) is 4.95. The highest BCUT2D eigenvalue weighted by atomic mass is 19.1. The molecule has 0 saturated heterocycles. The Bertz CT molecular complexity index is 274. The molecular formula is C12H17FO. The lowest BCUT2D eigenvalue weighted by Crippen LogP contribution is -1.98. The van der Waals surface area contributed by atoms with Crippen LogP contribution in [0, 0.1) is 0 Å². The highest BCUT2D eigenvalue weighted by Crippen LogP contribution is 2.23. The van der Waals surface area contributed by atoms with E-state index in [9.17, 15) is 4.39 Å². The van der Waals surface area contributed by atoms with Crippen LogP contribution in [-0.2, 0) is 6.42 Å². The Morgan fingerprint density at radius 2 is 2.07 bits per heavy atom. The third kappa shape index (κ3) is 2.47. The van der Waals surface area contributed by atoms with Gasteiger partial charge < -0.3 is 4.74 Å². The van der Waals surface area contributed by atoms with Crippen molar-refractivity contribution in [1.82, 2.24) is 0 Å². The SMILES string of the molecule is CCc1cc(OC)cc(C(C)CF)c1. The minimum Gasteiger partial charge on any atom is -0.497 e. The molecule has 1 atom stereocenters. The van der Waals surface area contributed by atoms with Gasteiger partial charge in [0.05, 0.1) is 13.8 Å². The summed E-state index contributed by atoms with van der Waals surface area (Å²) in [5.74, 6) is 0.773. The van der Waals surface area contributed by atoms with Gasteiger partial charge in [0.15, 0.2) is 0 Å². The summed E-state index contributed by atoms with van der Waals surface area (Å²) < 4.78 is 17.7. The number of rotatable bonds is 4. The molecule has 0 aromatic heterocycles. The predicted molar refractivity (Wildman–Crippen MR) is 56.8 cm³/mol. The highest BCUT2D eigenvalue weighted by molar-refractivity contribution is 5.36. The summed E-state index contributed by atoms with van der Waals surface area (Å²) in [4.78, 5) is 0. The Kier molecular flexibility index (Phi) is 3.93. The van der Waals surface area contributed by atoms with Crippen LogP contribution in [0.15, 0.2) is 18.2 Å². The molecule has 1 unspecified atom stereocenters. The standard InChI is InChI=1S/C12H17FO/c1-4-10-5-11(9(2)8-13)7-12(6-10)14-3/h5-7,9H,4,8H2,1-3H3. The van der Waals surface area contributed by atoms with Gasteiger partial charge in [-0.3, -0.25) is 4.39 Å². The van der Waals surface area contributed by atoms with Crippen LogP contribution in [0.3, 0.4) is 0 Å². The molecule has 0 amide bonds. The predicted octanol–water partition coefficient (Wildman–Crippen LogP) is 3.33. The number of hydrogen-bond acceptors (Lipinski definition) is 1. The number of benzene rings is 1. The van der Waals surface area contributed by atoms with Crippen molar-refractivity contribution in [3.63, 3.8) is 0 Å². The molecular weight excluding hydrogens is 179 g/mol. The van der Waals surface area contributed by atoms with Crippen molar-refractivity contribution in [2.75, 3.05) is 13.8 Å². The van der Waals surface area contributed by atoms with Crippen molar-refractivity contribution < 1.29 is 9.13 Å². The van der Waals surface area contributed by atoms with Crippen LogP contribution in [0.5, 0.6) is 5.75 Å². The van der Waals surface area contributed by atoms with Crippen LogP contribution in [0.2, 0.25) is 0 Å². The molecule has 0 saturated carbocycles. The minimum absolute atomic E-state index is 0.0459. The molecule has 0 heterocycles. The van der Waals surface area contributed by atoms with E-state index in [1.54, 1.807) is 7.11 Å². The zero-order chi connectivity index (χ0) is 10.6. The molecule has 0 aliphatic carbocycles. The zero-order valence-electron chi connectivity index (χ0n) is 9.01. The molecule has 2 heteroatoms. The first-order chi connectivity index (χ1) is 6.71. The second-order valence-electron chi connectivity index (χ2n) is 3.52. The fourth-order valence-corrected chi connectivity index (χ4v) is 1.38. The Balaban J connectivity index is 3.04. The van der Waals surface area contributed by atoms with E-state index < -0.39 is 0 Å². The molecule has 78 valence electrons. The van der Waals surface area contributed by atoms with E-state index in [1.165, 1.54) is 5.56 Å². The zero-order valence-corrected chi connectivity index (χ0v) is 9.01. The fourth-order valence-electron chi connectivity index (χ4n) is 1.38. The Morgan fingerprint density at radius 1 is 1.36 bits per heavy atom. The molecule has 14 heavy (non-hydrogen) atoms. The van der Waals surface area contributed by atoms with E-state index >= 15 is 0 Å². The van der Waals surface area contributed by atoms with Gasteiger partial charge in [-0.25, -0.2) is 0 Å². The number of alkyl halides is 1. The van der Waals surface area contributed by atoms with E-state index in [2.05, 4.69) is 6.92 Å². The quantitative estimate of drug-likeness (QED) is 0.717. The second kappa shape index (κ2) is 4.99. The molecule has 1 aromatic rings. The maximum Gasteiger partial charge on any atom is 0.119 e. The van der Waals surface area contributed by atoms with E-state index in [0.717, 1.165) is 17.7 Å². The minimum atomic E-state index is -0.323. The van der Waals surface area contributed by atoms with Crippen LogP contribution in [0.4, 0.5) is 4.39 Å². The van der Waals surface area contributed by atoms with Gasteiger partial charge in [-0.1, -0.05) is 19.9 Å². The molecule has 0 radical (unpaired) electrons. The van der Waals surface area contributed by atoms with Crippen molar-refractivity contribution in [3.8, 4) is 5.75 Å². The molecule has 0 bridgehead atoms. The maximum atomic E-state index is 12.5. The van der Waals surface area contributed by atoms with Gasteiger partial charge in [-0.15, -0.1) is 0 Å². The highest BCUT2D eigenvalue weighted by Gasteiger charge is 2.07. The molecule has 0 N–H and O–H groups in total. The summed E-state index contributed by atoms with van der Waals surface area (Å²) in [6.07, 6.45) is 0.948. The van der Waals surface area contributed by atoms with Gasteiger partial charge in [-0.2, -0.15) is 0 Å². The maximum absolute atomic E-state index is 12.5. The lowest BCUT2D eigenvalue weighted by atomic mass is 9.99. The summed E-state index contributed by atoms with van der Waals surface area (Å²) in [7, 11) is 1.64. The van der Waals surface area contributed by atoms with Gasteiger partial charge in [0.25, 0.3) is 0 Å². The molecule has 0 fully saturated rings. The lowest BCUT2D eigenvalue weighted by molar-refractivity contribution is 0.410. The number of aryl methyl sites for hydroxylation is 1. The Hall–Kier alpha value is -1.05. The van der Waals surface area contributed by atoms with Gasteiger partial charge >= 0.3 is 0 Å². The smallest absolute Gasteiger partial charge is 0.119 e. The molecule has 1 nitrogen and oxygen atoms in total. The normalized spacial score (nSPS) is 12.6. The summed E-state index contributed by atoms with van der Waals surface area (Å²) in [5, 5.41) is 0. The van der Waals surface area contributed by atoms with Crippen molar-refractivity contribution in [2.24, 2.45) is 0 Å². The van der Waals surface area contributed by atoms with Crippen molar-refractivity contribution >= 4 is 0 Å². The van der Waals surface area contributed by atoms with Crippen LogP contribution < -0.4 is 4.74 Å². The molecule has 1 rings (SSSR count). The van der Waals surface area contributed by atoms with E-state index in [4.69, 9.17) is 4.74 Å². The summed E-state index contributed by atoms with van der Waals surface area (Å²) in [6.45, 7) is 3.64. The third-order valence-electron chi connectivity index (χ3n) is 2.43. The lowest BCUT2D eigenvalue weighted by Gasteiger charge is -2.11. The largest absolute Gasteiger partial charge is 0.497 e. The van der Waals surface area contributed by atoms with Crippen LogP contribution in [0.25, 0.3) is 0 Å². The Morgan fingerprint density at radius 3 is 2.57 bits per heavy atom. The number of hydrogen-bond donors (Lipinski definition) is 0. The topological polar surface area (TPSA) is 9.23 Å². The van der Waals surface area contributed by atoms with E-state index in [0.29, 0.717) is 0 Å². The van der Waals surface area contributed by atoms with Crippen LogP contribution in [0.1, 0.15) is 30.9 Å². The Labute approximate surface area is 84.9 Å². The average molecular weight is 196 g/mol. The van der Waals surface area contributed by atoms with Crippen LogP contribution in [-0.4, -0.2) is 13.8 Å². The van der Waals surface area contributed by atoms with Gasteiger partial charge in [0, 0.05) is 5.92 Å².